The van der Waals surface area contributed by atoms with Crippen molar-refractivity contribution in [3.05, 3.63) is 0 Å². The van der Waals surface area contributed by atoms with Crippen LogP contribution in [-0.2, 0) is 0 Å². The molecule has 0 unspecified atom stereocenters. The molecule has 0 atom stereocenters. The Labute approximate surface area is 50.2 Å². The summed E-state index contributed by atoms with van der Waals surface area (Å²) in [7, 11) is 0. The molecular weight excluding hydrogens is 215 g/mol. The summed E-state index contributed by atoms with van der Waals surface area (Å²) in [5, 5.41) is 0. The van der Waals surface area contributed by atoms with E-state index in [-0.39, 0.29) is 0 Å². The Bertz CT molecular complexity index is 10.3. The zero-order valence-corrected chi connectivity index (χ0v) is 9.71. The van der Waals surface area contributed by atoms with Gasteiger partial charge >= 0.3 is 50.0 Å². The fraction of sp³-hybridized carbons (Fsp3) is 0. The summed E-state index contributed by atoms with van der Waals surface area (Å²) < 4.78 is 39.2. The van der Waals surface area contributed by atoms with Crippen LogP contribution >= 0.6 is 0 Å². The first kappa shape index (κ1) is 10.1. The molecule has 0 saturated carbocycles. The van der Waals surface area contributed by atoms with Crippen molar-refractivity contribution >= 4 is 36.8 Å². The van der Waals surface area contributed by atoms with E-state index in [1.807, 2.05) is 0 Å². The molecule has 0 aliphatic carbocycles. The van der Waals surface area contributed by atoms with Crippen LogP contribution in [0.1, 0.15) is 0 Å². The standard InChI is InChI=1S/4FH.2Ga.2H/h4*1H;;;;/q;;;;+1;+3;;/p-4. The van der Waals surface area contributed by atoms with Gasteiger partial charge < -0.3 is 0 Å². The van der Waals surface area contributed by atoms with Gasteiger partial charge in [-0.05, 0) is 0 Å². The second-order valence-corrected chi connectivity index (χ2v) is 1.29. The molecule has 0 saturated heterocycles. The van der Waals surface area contributed by atoms with Gasteiger partial charge in [0.15, 0.2) is 0 Å². The maximum atomic E-state index is 9.85. The molecule has 0 amide bonds. The van der Waals surface area contributed by atoms with E-state index in [4.69, 9.17) is 0 Å². The first-order chi connectivity index (χ1) is 2.73. The van der Waals surface area contributed by atoms with Crippen molar-refractivity contribution in [2.75, 3.05) is 0 Å². The Morgan fingerprint density at radius 3 is 1.00 bits per heavy atom. The molecule has 0 spiro atoms. The fourth-order valence-electron chi connectivity index (χ4n) is 0. The monoisotopic (exact) mass is 216 g/mol. The molecule has 0 heterocycles. The fourth-order valence-corrected chi connectivity index (χ4v) is 0. The van der Waals surface area contributed by atoms with E-state index in [2.05, 4.69) is 0 Å². The molecule has 0 aromatic carbocycles. The summed E-state index contributed by atoms with van der Waals surface area (Å²) in [5.74, 6) is 0. The second-order valence-electron chi connectivity index (χ2n) is 0.247. The maximum absolute atomic E-state index is 9.85. The first-order valence-corrected chi connectivity index (χ1v) is 5.37. The average molecular weight is 217 g/mol. The number of hydrogen-bond acceptors (Lipinski definition) is 0. The van der Waals surface area contributed by atoms with Crippen LogP contribution in [0.4, 0.5) is 13.1 Å². The van der Waals surface area contributed by atoms with Gasteiger partial charge in [-0.2, -0.15) is 0 Å². The summed E-state index contributed by atoms with van der Waals surface area (Å²) in [6.45, 7) is 0. The summed E-state index contributed by atoms with van der Waals surface area (Å²) in [4.78, 5) is 0. The molecule has 0 fully saturated rings. The Morgan fingerprint density at radius 2 is 1.00 bits per heavy atom. The van der Waals surface area contributed by atoms with Gasteiger partial charge in [-0.25, -0.2) is 0 Å². The van der Waals surface area contributed by atoms with Gasteiger partial charge in [0, 0.05) is 0 Å². The van der Waals surface area contributed by atoms with Crippen molar-refractivity contribution in [1.29, 1.82) is 0 Å². The van der Waals surface area contributed by atoms with Gasteiger partial charge in [0.2, 0.25) is 0 Å². The van der Waals surface area contributed by atoms with Crippen LogP contribution in [0.3, 0.4) is 0 Å². The summed E-state index contributed by atoms with van der Waals surface area (Å²) in [6, 6.07) is 0. The molecule has 0 bridgehead atoms. The molecule has 0 aliphatic heterocycles. The Hall–Kier alpha value is 0.993. The molecule has 0 rings (SSSR count). The molecule has 0 radical (unpaired) electrons. The zero-order chi connectivity index (χ0) is 5.58. The molecule has 36 valence electrons. The van der Waals surface area contributed by atoms with E-state index in [0.29, 0.717) is 0 Å². The van der Waals surface area contributed by atoms with Gasteiger partial charge in [0.05, 0.1) is 0 Å². The summed E-state index contributed by atoms with van der Waals surface area (Å²) in [6.07, 6.45) is 0. The van der Waals surface area contributed by atoms with Gasteiger partial charge in [0.1, 0.15) is 0 Å². The van der Waals surface area contributed by atoms with E-state index >= 15 is 0 Å². The third-order valence-electron chi connectivity index (χ3n) is 0. The van der Waals surface area contributed by atoms with Crippen molar-refractivity contribution in [2.45, 2.75) is 0 Å². The van der Waals surface area contributed by atoms with Gasteiger partial charge in [-0.3, -0.25) is 0 Å². The van der Waals surface area contributed by atoms with Crippen LogP contribution in [0.5, 0.6) is 0 Å². The minimum absolute atomic E-state index is 0.438. The predicted molar refractivity (Wildman–Crippen MR) is 18.7 cm³/mol. The molecule has 6 heteroatoms. The van der Waals surface area contributed by atoms with Gasteiger partial charge in [-0.1, -0.05) is 0 Å². The SMILES string of the molecule is [F][GaH2].[F][Ga]([F])[F]. The summed E-state index contributed by atoms with van der Waals surface area (Å²) >= 11 is -5.42. The quantitative estimate of drug-likeness (QED) is 0.407. The molecule has 0 aromatic heterocycles. The van der Waals surface area contributed by atoms with Crippen LogP contribution in [0.25, 0.3) is 0 Å². The van der Waals surface area contributed by atoms with Crippen LogP contribution in [0.2, 0.25) is 0 Å². The van der Waals surface area contributed by atoms with Gasteiger partial charge in [0.25, 0.3) is 0 Å². The molecule has 0 aliphatic rings. The van der Waals surface area contributed by atoms with Crippen molar-refractivity contribution in [2.24, 2.45) is 0 Å². The molecule has 0 aromatic rings. The molecule has 6 heavy (non-hydrogen) atoms. The third-order valence-corrected chi connectivity index (χ3v) is 0. The van der Waals surface area contributed by atoms with Crippen LogP contribution in [0.15, 0.2) is 0 Å². The number of halogens is 4. The molecular formula is H2F4Ga2. The van der Waals surface area contributed by atoms with Crippen LogP contribution in [-0.4, -0.2) is 36.8 Å². The van der Waals surface area contributed by atoms with Crippen molar-refractivity contribution in [1.82, 2.24) is 0 Å². The van der Waals surface area contributed by atoms with E-state index in [0.717, 1.165) is 0 Å². The van der Waals surface area contributed by atoms with E-state index in [1.165, 1.54) is 0 Å². The van der Waals surface area contributed by atoms with E-state index in [9.17, 15) is 13.1 Å². The van der Waals surface area contributed by atoms with E-state index in [1.54, 1.807) is 0 Å². The third kappa shape index (κ3) is 80.8. The van der Waals surface area contributed by atoms with Gasteiger partial charge in [-0.15, -0.1) is 0 Å². The second kappa shape index (κ2) is 9.37. The van der Waals surface area contributed by atoms with Crippen LogP contribution < -0.4 is 0 Å². The Kier molecular flexibility index (Phi) is 15.7. The Morgan fingerprint density at radius 1 is 1.00 bits per heavy atom. The zero-order valence-electron chi connectivity index (χ0n) is 3.09. The Balaban J connectivity index is 0. The average Bonchev–Trinajstić information content (AvgIpc) is 1.41. The topological polar surface area (TPSA) is 0 Å². The molecule has 0 nitrogen and oxygen atoms in total. The van der Waals surface area contributed by atoms with Crippen molar-refractivity contribution in [3.63, 3.8) is 0 Å². The first-order valence-electron chi connectivity index (χ1n) is 1.03. The predicted octanol–water partition coefficient (Wildman–Crippen LogP) is 0.384. The summed E-state index contributed by atoms with van der Waals surface area (Å²) in [5.41, 5.74) is 0. The van der Waals surface area contributed by atoms with Crippen LogP contribution in [0, 0.1) is 0 Å². The van der Waals surface area contributed by atoms with Crippen molar-refractivity contribution < 1.29 is 13.1 Å². The normalized spacial score (nSPS) is 5.33. The molecule has 0 N–H and O–H groups in total. The van der Waals surface area contributed by atoms with Crippen molar-refractivity contribution in [3.8, 4) is 0 Å². The minimum atomic E-state index is -4.98. The van der Waals surface area contributed by atoms with E-state index < -0.39 is 36.8 Å². The number of rotatable bonds is 0. The number of hydrogen-bond donors (Lipinski definition) is 0.